The largest absolute Gasteiger partial charge is 0.365 e. The molecule has 1 aromatic rings. The van der Waals surface area contributed by atoms with Crippen molar-refractivity contribution in [2.24, 2.45) is 5.92 Å². The van der Waals surface area contributed by atoms with Gasteiger partial charge >= 0.3 is 0 Å². The molecule has 0 aliphatic carbocycles. The summed E-state index contributed by atoms with van der Waals surface area (Å²) >= 11 is 0. The van der Waals surface area contributed by atoms with Crippen LogP contribution in [0.15, 0.2) is 24.4 Å². The van der Waals surface area contributed by atoms with E-state index in [0.717, 1.165) is 12.1 Å². The molecule has 0 fully saturated rings. The van der Waals surface area contributed by atoms with E-state index < -0.39 is 0 Å². The molecule has 0 radical (unpaired) electrons. The summed E-state index contributed by atoms with van der Waals surface area (Å²) in [6.07, 6.45) is 2.67. The van der Waals surface area contributed by atoms with Crippen LogP contribution in [-0.2, 0) is 11.2 Å². The van der Waals surface area contributed by atoms with Crippen LogP contribution in [0.1, 0.15) is 25.1 Å². The minimum Gasteiger partial charge on any atom is -0.365 e. The quantitative estimate of drug-likeness (QED) is 0.729. The number of H-pyrrole nitrogens is 1. The third-order valence-corrected chi connectivity index (χ3v) is 2.45. The lowest BCUT2D eigenvalue weighted by molar-refractivity contribution is -0.118. The van der Waals surface area contributed by atoms with Crippen molar-refractivity contribution in [3.8, 4) is 0 Å². The van der Waals surface area contributed by atoms with Crippen LogP contribution in [0.4, 0.5) is 0 Å². The minimum atomic E-state index is 0.0184. The van der Waals surface area contributed by atoms with Gasteiger partial charge in [-0.25, -0.2) is 0 Å². The van der Waals surface area contributed by atoms with E-state index in [0.29, 0.717) is 5.57 Å². The standard InChI is InChI=1S/C12H17NO/c1-8(2)12(14)10(4)7-11-9(3)5-6-13-11/h5-6,10,13H,1,7H2,2-4H3. The maximum atomic E-state index is 11.6. The van der Waals surface area contributed by atoms with Gasteiger partial charge in [-0.2, -0.15) is 0 Å². The lowest BCUT2D eigenvalue weighted by atomic mass is 9.95. The highest BCUT2D eigenvalue weighted by Crippen LogP contribution is 2.14. The van der Waals surface area contributed by atoms with Gasteiger partial charge in [-0.3, -0.25) is 4.79 Å². The molecular weight excluding hydrogens is 174 g/mol. The molecule has 1 atom stereocenters. The molecule has 1 heterocycles. The summed E-state index contributed by atoms with van der Waals surface area (Å²) in [4.78, 5) is 14.7. The van der Waals surface area contributed by atoms with Crippen LogP contribution in [0.5, 0.6) is 0 Å². The summed E-state index contributed by atoms with van der Waals surface area (Å²) < 4.78 is 0. The number of rotatable bonds is 4. The maximum Gasteiger partial charge on any atom is 0.161 e. The molecule has 0 amide bonds. The molecular formula is C12H17NO. The molecule has 2 heteroatoms. The van der Waals surface area contributed by atoms with Gasteiger partial charge in [0.25, 0.3) is 0 Å². The van der Waals surface area contributed by atoms with Gasteiger partial charge in [0.15, 0.2) is 5.78 Å². The second-order valence-electron chi connectivity index (χ2n) is 3.89. The zero-order chi connectivity index (χ0) is 10.7. The molecule has 1 N–H and O–H groups in total. The Labute approximate surface area is 85.0 Å². The zero-order valence-corrected chi connectivity index (χ0v) is 9.05. The molecule has 14 heavy (non-hydrogen) atoms. The lowest BCUT2D eigenvalue weighted by Gasteiger charge is -2.09. The molecule has 1 aromatic heterocycles. The number of hydrogen-bond donors (Lipinski definition) is 1. The average Bonchev–Trinajstić information content (AvgIpc) is 2.50. The highest BCUT2D eigenvalue weighted by Gasteiger charge is 2.15. The maximum absolute atomic E-state index is 11.6. The van der Waals surface area contributed by atoms with Crippen molar-refractivity contribution < 1.29 is 4.79 Å². The second kappa shape index (κ2) is 4.27. The summed E-state index contributed by atoms with van der Waals surface area (Å²) in [7, 11) is 0. The van der Waals surface area contributed by atoms with Gasteiger partial charge in [-0.05, 0) is 37.5 Å². The molecule has 76 valence electrons. The van der Waals surface area contributed by atoms with Crippen molar-refractivity contribution in [3.05, 3.63) is 35.7 Å². The molecule has 0 aliphatic heterocycles. The molecule has 1 unspecified atom stereocenters. The first-order valence-corrected chi connectivity index (χ1v) is 4.85. The van der Waals surface area contributed by atoms with Crippen LogP contribution in [0, 0.1) is 12.8 Å². The Morgan fingerprint density at radius 3 is 2.71 bits per heavy atom. The molecule has 0 bridgehead atoms. The normalized spacial score (nSPS) is 12.5. The second-order valence-corrected chi connectivity index (χ2v) is 3.89. The highest BCUT2D eigenvalue weighted by atomic mass is 16.1. The number of aromatic amines is 1. The van der Waals surface area contributed by atoms with E-state index in [2.05, 4.69) is 11.6 Å². The molecule has 2 nitrogen and oxygen atoms in total. The molecule has 0 saturated carbocycles. The highest BCUT2D eigenvalue weighted by molar-refractivity contribution is 5.95. The Balaban J connectivity index is 2.66. The average molecular weight is 191 g/mol. The van der Waals surface area contributed by atoms with Gasteiger partial charge < -0.3 is 4.98 Å². The number of hydrogen-bond acceptors (Lipinski definition) is 1. The summed E-state index contributed by atoms with van der Waals surface area (Å²) in [5, 5.41) is 0. The number of allylic oxidation sites excluding steroid dienone is 1. The van der Waals surface area contributed by atoms with E-state index in [1.807, 2.05) is 26.1 Å². The predicted molar refractivity (Wildman–Crippen MR) is 58.2 cm³/mol. The van der Waals surface area contributed by atoms with E-state index in [-0.39, 0.29) is 11.7 Å². The van der Waals surface area contributed by atoms with Crippen LogP contribution in [0.3, 0.4) is 0 Å². The zero-order valence-electron chi connectivity index (χ0n) is 9.05. The topological polar surface area (TPSA) is 32.9 Å². The molecule has 0 saturated heterocycles. The monoisotopic (exact) mass is 191 g/mol. The van der Waals surface area contributed by atoms with Gasteiger partial charge in [0, 0.05) is 17.8 Å². The summed E-state index contributed by atoms with van der Waals surface area (Å²) in [6.45, 7) is 9.42. The Morgan fingerprint density at radius 2 is 2.29 bits per heavy atom. The van der Waals surface area contributed by atoms with Gasteiger partial charge in [0.1, 0.15) is 0 Å². The van der Waals surface area contributed by atoms with Crippen LogP contribution in [0.25, 0.3) is 0 Å². The number of Topliss-reactive ketones (excluding diaryl/α,β-unsaturated/α-hetero) is 1. The molecule has 1 rings (SSSR count). The van der Waals surface area contributed by atoms with Crippen molar-refractivity contribution in [1.29, 1.82) is 0 Å². The Hall–Kier alpha value is -1.31. The number of carbonyl (C=O) groups is 1. The third kappa shape index (κ3) is 2.34. The van der Waals surface area contributed by atoms with E-state index in [4.69, 9.17) is 0 Å². The smallest absolute Gasteiger partial charge is 0.161 e. The first-order chi connectivity index (χ1) is 6.52. The van der Waals surface area contributed by atoms with Crippen molar-refractivity contribution in [2.75, 3.05) is 0 Å². The van der Waals surface area contributed by atoms with Gasteiger partial charge in [-0.15, -0.1) is 0 Å². The van der Waals surface area contributed by atoms with Crippen molar-refractivity contribution in [3.63, 3.8) is 0 Å². The Morgan fingerprint density at radius 1 is 1.64 bits per heavy atom. The number of ketones is 1. The molecule has 0 spiro atoms. The first-order valence-electron chi connectivity index (χ1n) is 4.85. The van der Waals surface area contributed by atoms with Crippen LogP contribution < -0.4 is 0 Å². The van der Waals surface area contributed by atoms with E-state index in [9.17, 15) is 4.79 Å². The van der Waals surface area contributed by atoms with E-state index in [1.165, 1.54) is 5.56 Å². The number of aromatic nitrogens is 1. The number of nitrogens with one attached hydrogen (secondary N) is 1. The number of carbonyl (C=O) groups excluding carboxylic acids is 1. The lowest BCUT2D eigenvalue weighted by Crippen LogP contribution is -2.14. The van der Waals surface area contributed by atoms with Crippen LogP contribution >= 0.6 is 0 Å². The van der Waals surface area contributed by atoms with Gasteiger partial charge in [-0.1, -0.05) is 13.5 Å². The fourth-order valence-corrected chi connectivity index (χ4v) is 1.52. The SMILES string of the molecule is C=C(C)C(=O)C(C)Cc1[nH]ccc1C. The van der Waals surface area contributed by atoms with E-state index in [1.54, 1.807) is 6.92 Å². The Bertz CT molecular complexity index is 349. The molecule has 0 aromatic carbocycles. The minimum absolute atomic E-state index is 0.0184. The van der Waals surface area contributed by atoms with Crippen LogP contribution in [0.2, 0.25) is 0 Å². The van der Waals surface area contributed by atoms with E-state index >= 15 is 0 Å². The third-order valence-electron chi connectivity index (χ3n) is 2.45. The summed E-state index contributed by atoms with van der Waals surface area (Å²) in [5.74, 6) is 0.170. The van der Waals surface area contributed by atoms with Crippen molar-refractivity contribution >= 4 is 5.78 Å². The van der Waals surface area contributed by atoms with Crippen molar-refractivity contribution in [1.82, 2.24) is 4.98 Å². The fourth-order valence-electron chi connectivity index (χ4n) is 1.52. The van der Waals surface area contributed by atoms with Gasteiger partial charge in [0.2, 0.25) is 0 Å². The first kappa shape index (κ1) is 10.8. The fraction of sp³-hybridized carbons (Fsp3) is 0.417. The van der Waals surface area contributed by atoms with Crippen LogP contribution in [-0.4, -0.2) is 10.8 Å². The van der Waals surface area contributed by atoms with Crippen molar-refractivity contribution in [2.45, 2.75) is 27.2 Å². The molecule has 0 aliphatic rings. The summed E-state index contributed by atoms with van der Waals surface area (Å²) in [6, 6.07) is 2.02. The Kier molecular flexibility index (Phi) is 3.28. The van der Waals surface area contributed by atoms with Gasteiger partial charge in [0.05, 0.1) is 0 Å². The number of aryl methyl sites for hydroxylation is 1. The summed E-state index contributed by atoms with van der Waals surface area (Å²) in [5.41, 5.74) is 3.00. The predicted octanol–water partition coefficient (Wildman–Crippen LogP) is 2.65.